The molecule has 0 saturated carbocycles. The van der Waals surface area contributed by atoms with E-state index in [1.54, 1.807) is 23.5 Å². The highest BCUT2D eigenvalue weighted by atomic mass is 32.1. The van der Waals surface area contributed by atoms with Crippen LogP contribution < -0.4 is 5.32 Å². The van der Waals surface area contributed by atoms with Crippen molar-refractivity contribution in [2.45, 2.75) is 39.7 Å². The van der Waals surface area contributed by atoms with Gasteiger partial charge in [0.1, 0.15) is 5.00 Å². The van der Waals surface area contributed by atoms with Gasteiger partial charge in [0.25, 0.3) is 5.91 Å². The molecule has 1 saturated heterocycles. The molecule has 0 spiro atoms. The molecule has 3 heterocycles. The molecule has 4 nitrogen and oxygen atoms in total. The van der Waals surface area contributed by atoms with Crippen LogP contribution in [0.4, 0.5) is 5.00 Å². The van der Waals surface area contributed by atoms with Gasteiger partial charge in [-0.15, -0.1) is 11.3 Å². The van der Waals surface area contributed by atoms with Crippen molar-refractivity contribution < 1.29 is 9.21 Å². The first-order chi connectivity index (χ1) is 13.5. The number of amides is 1. The summed E-state index contributed by atoms with van der Waals surface area (Å²) >= 11 is 1.65. The maximum Gasteiger partial charge on any atom is 0.291 e. The SMILES string of the molecule is Cc1ccc(C(c2c(NC(=O)c3ccco3)sc(C)c2C)N2CCCC2)cc1. The lowest BCUT2D eigenvalue weighted by Gasteiger charge is -2.29. The number of anilines is 1. The number of hydrogen-bond acceptors (Lipinski definition) is 4. The second kappa shape index (κ2) is 7.94. The quantitative estimate of drug-likeness (QED) is 0.603. The number of likely N-dealkylation sites (tertiary alicyclic amines) is 1. The Morgan fingerprint density at radius 3 is 2.46 bits per heavy atom. The number of hydrogen-bond donors (Lipinski definition) is 1. The Morgan fingerprint density at radius 1 is 1.11 bits per heavy atom. The molecule has 146 valence electrons. The van der Waals surface area contributed by atoms with Gasteiger partial charge in [0.2, 0.25) is 0 Å². The molecular formula is C23H26N2O2S. The van der Waals surface area contributed by atoms with Crippen molar-refractivity contribution in [2.75, 3.05) is 18.4 Å². The van der Waals surface area contributed by atoms with Crippen molar-refractivity contribution in [1.82, 2.24) is 4.90 Å². The predicted molar refractivity (Wildman–Crippen MR) is 114 cm³/mol. The first-order valence-electron chi connectivity index (χ1n) is 9.80. The molecule has 1 aliphatic heterocycles. The molecule has 28 heavy (non-hydrogen) atoms. The highest BCUT2D eigenvalue weighted by Crippen LogP contribution is 2.43. The van der Waals surface area contributed by atoms with Gasteiger partial charge in [-0.2, -0.15) is 0 Å². The van der Waals surface area contributed by atoms with Gasteiger partial charge < -0.3 is 9.73 Å². The zero-order chi connectivity index (χ0) is 19.7. The molecule has 1 atom stereocenters. The molecule has 0 radical (unpaired) electrons. The molecule has 1 aliphatic rings. The third-order valence-corrected chi connectivity index (χ3v) is 6.71. The number of carbonyl (C=O) groups is 1. The normalized spacial score (nSPS) is 15.7. The second-order valence-corrected chi connectivity index (χ2v) is 8.74. The fourth-order valence-electron chi connectivity index (χ4n) is 3.95. The monoisotopic (exact) mass is 394 g/mol. The minimum Gasteiger partial charge on any atom is -0.459 e. The van der Waals surface area contributed by atoms with Crippen molar-refractivity contribution in [2.24, 2.45) is 0 Å². The maximum atomic E-state index is 12.7. The van der Waals surface area contributed by atoms with Crippen LogP contribution in [-0.4, -0.2) is 23.9 Å². The summed E-state index contributed by atoms with van der Waals surface area (Å²) < 4.78 is 5.28. The fourth-order valence-corrected chi connectivity index (χ4v) is 5.04. The number of carbonyl (C=O) groups excluding carboxylic acids is 1. The van der Waals surface area contributed by atoms with E-state index < -0.39 is 0 Å². The van der Waals surface area contributed by atoms with E-state index in [0.717, 1.165) is 18.1 Å². The van der Waals surface area contributed by atoms with Crippen molar-refractivity contribution in [3.63, 3.8) is 0 Å². The Balaban J connectivity index is 1.77. The van der Waals surface area contributed by atoms with Gasteiger partial charge in [-0.1, -0.05) is 29.8 Å². The summed E-state index contributed by atoms with van der Waals surface area (Å²) in [5.41, 5.74) is 5.01. The lowest BCUT2D eigenvalue weighted by Crippen LogP contribution is -2.27. The molecule has 1 fully saturated rings. The largest absolute Gasteiger partial charge is 0.459 e. The van der Waals surface area contributed by atoms with Gasteiger partial charge in [-0.25, -0.2) is 0 Å². The average molecular weight is 395 g/mol. The molecule has 0 aliphatic carbocycles. The lowest BCUT2D eigenvalue weighted by molar-refractivity contribution is 0.0997. The summed E-state index contributed by atoms with van der Waals surface area (Å²) in [5, 5.41) is 4.04. The van der Waals surface area contributed by atoms with Crippen molar-refractivity contribution in [1.29, 1.82) is 0 Å². The lowest BCUT2D eigenvalue weighted by atomic mass is 9.94. The van der Waals surface area contributed by atoms with E-state index in [9.17, 15) is 4.79 Å². The number of nitrogens with zero attached hydrogens (tertiary/aromatic N) is 1. The van der Waals surface area contributed by atoms with Crippen LogP contribution in [0.2, 0.25) is 0 Å². The molecule has 1 amide bonds. The van der Waals surface area contributed by atoms with Gasteiger partial charge in [-0.3, -0.25) is 9.69 Å². The highest BCUT2D eigenvalue weighted by molar-refractivity contribution is 7.16. The first kappa shape index (κ1) is 19.0. The summed E-state index contributed by atoms with van der Waals surface area (Å²) in [5.74, 6) is 0.138. The Morgan fingerprint density at radius 2 is 1.82 bits per heavy atom. The molecule has 3 aromatic rings. The fraction of sp³-hybridized carbons (Fsp3) is 0.348. The van der Waals surface area contributed by atoms with E-state index in [0.29, 0.717) is 5.76 Å². The molecule has 2 aromatic heterocycles. The average Bonchev–Trinajstić information content (AvgIpc) is 3.43. The van der Waals surface area contributed by atoms with Crippen LogP contribution in [0.1, 0.15) is 56.6 Å². The first-order valence-corrected chi connectivity index (χ1v) is 10.6. The molecule has 5 heteroatoms. The summed E-state index contributed by atoms with van der Waals surface area (Å²) in [4.78, 5) is 16.4. The van der Waals surface area contributed by atoms with Crippen LogP contribution >= 0.6 is 11.3 Å². The van der Waals surface area contributed by atoms with Crippen LogP contribution in [0.3, 0.4) is 0 Å². The van der Waals surface area contributed by atoms with E-state index in [4.69, 9.17) is 4.42 Å². The number of aryl methyl sites for hydroxylation is 2. The van der Waals surface area contributed by atoms with Crippen molar-refractivity contribution in [3.8, 4) is 0 Å². The van der Waals surface area contributed by atoms with Crippen LogP contribution in [0.25, 0.3) is 0 Å². The van der Waals surface area contributed by atoms with E-state index in [1.807, 2.05) is 0 Å². The third-order valence-electron chi connectivity index (χ3n) is 5.58. The summed E-state index contributed by atoms with van der Waals surface area (Å²) in [7, 11) is 0. The molecular weight excluding hydrogens is 368 g/mol. The Labute approximate surface area is 170 Å². The van der Waals surface area contributed by atoms with Gasteiger partial charge in [0, 0.05) is 10.4 Å². The van der Waals surface area contributed by atoms with Crippen LogP contribution in [0, 0.1) is 20.8 Å². The van der Waals surface area contributed by atoms with Crippen molar-refractivity contribution in [3.05, 3.63) is 75.6 Å². The van der Waals surface area contributed by atoms with Gasteiger partial charge in [0.15, 0.2) is 5.76 Å². The molecule has 1 aromatic carbocycles. The van der Waals surface area contributed by atoms with Gasteiger partial charge in [0.05, 0.1) is 12.3 Å². The van der Waals surface area contributed by atoms with Crippen molar-refractivity contribution >= 4 is 22.2 Å². The summed E-state index contributed by atoms with van der Waals surface area (Å²) in [6.07, 6.45) is 3.97. The molecule has 1 N–H and O–H groups in total. The smallest absolute Gasteiger partial charge is 0.291 e. The summed E-state index contributed by atoms with van der Waals surface area (Å²) in [6.45, 7) is 8.57. The Kier molecular flexibility index (Phi) is 5.38. The van der Waals surface area contributed by atoms with E-state index in [2.05, 4.69) is 55.3 Å². The minimum absolute atomic E-state index is 0.153. The third kappa shape index (κ3) is 3.64. The minimum atomic E-state index is -0.198. The van der Waals surface area contributed by atoms with Gasteiger partial charge in [-0.05, 0) is 70.0 Å². The van der Waals surface area contributed by atoms with Crippen LogP contribution in [-0.2, 0) is 0 Å². The number of benzene rings is 1. The number of rotatable bonds is 5. The Bertz CT molecular complexity index is 951. The van der Waals surface area contributed by atoms with Gasteiger partial charge >= 0.3 is 0 Å². The van der Waals surface area contributed by atoms with Crippen LogP contribution in [0.5, 0.6) is 0 Å². The van der Waals surface area contributed by atoms with Crippen LogP contribution in [0.15, 0.2) is 47.1 Å². The number of furan rings is 1. The van der Waals surface area contributed by atoms with E-state index >= 15 is 0 Å². The highest BCUT2D eigenvalue weighted by Gasteiger charge is 2.31. The number of thiophene rings is 1. The zero-order valence-corrected chi connectivity index (χ0v) is 17.4. The topological polar surface area (TPSA) is 45.5 Å². The molecule has 1 unspecified atom stereocenters. The number of nitrogens with one attached hydrogen (secondary N) is 1. The maximum absolute atomic E-state index is 12.7. The van der Waals surface area contributed by atoms with E-state index in [-0.39, 0.29) is 11.9 Å². The second-order valence-electron chi connectivity index (χ2n) is 7.51. The zero-order valence-electron chi connectivity index (χ0n) is 16.6. The summed E-state index contributed by atoms with van der Waals surface area (Å²) in [6, 6.07) is 12.4. The predicted octanol–water partition coefficient (Wildman–Crippen LogP) is 5.70. The van der Waals surface area contributed by atoms with E-state index in [1.165, 1.54) is 46.2 Å². The molecule has 0 bridgehead atoms. The molecule has 4 rings (SSSR count). The Hall–Kier alpha value is -2.37. The standard InChI is InChI=1S/C23H26N2O2S/c1-15-8-10-18(11-9-15)21(25-12-4-5-13-25)20-16(2)17(3)28-23(20)24-22(26)19-7-6-14-27-19/h6-11,14,21H,4-5,12-13H2,1-3H3,(H,24,26).